The number of hydrogen-bond donors (Lipinski definition) is 0. The van der Waals surface area contributed by atoms with Crippen molar-refractivity contribution >= 4 is 17.9 Å². The first-order valence-electron chi connectivity index (χ1n) is 26.0. The van der Waals surface area contributed by atoms with E-state index in [1.165, 1.54) is 141 Å². The number of allylic oxidation sites excluding steroid dienone is 6. The number of likely N-dealkylation sites (N-methyl/N-ethyl adjacent to an activating group) is 1. The Morgan fingerprint density at radius 3 is 1.34 bits per heavy atom. The number of ether oxygens (including phenoxy) is 3. The average molecular weight is 874 g/mol. The quantitative estimate of drug-likeness (QED) is 0.0260. The van der Waals surface area contributed by atoms with Crippen LogP contribution in [0.3, 0.4) is 0 Å². The van der Waals surface area contributed by atoms with Crippen molar-refractivity contribution in [2.45, 2.75) is 251 Å². The summed E-state index contributed by atoms with van der Waals surface area (Å²) < 4.78 is 17.3. The molecule has 0 radical (unpaired) electrons. The molecule has 0 fully saturated rings. The van der Waals surface area contributed by atoms with Crippen molar-refractivity contribution in [2.24, 2.45) is 0 Å². The van der Waals surface area contributed by atoms with Crippen LogP contribution >= 0.6 is 0 Å². The monoisotopic (exact) mass is 874 g/mol. The van der Waals surface area contributed by atoms with Gasteiger partial charge in [-0.3, -0.25) is 9.59 Å². The Morgan fingerprint density at radius 2 is 0.903 bits per heavy atom. The van der Waals surface area contributed by atoms with E-state index < -0.39 is 18.1 Å². The number of rotatable bonds is 47. The zero-order valence-electron chi connectivity index (χ0n) is 41.3. The molecule has 0 heterocycles. The van der Waals surface area contributed by atoms with Crippen LogP contribution in [0, 0.1) is 0 Å². The summed E-state index contributed by atoms with van der Waals surface area (Å²) in [5, 5.41) is 11.7. The summed E-state index contributed by atoms with van der Waals surface area (Å²) in [6.07, 6.45) is 53.1. The number of carboxylic acid groups (broad SMARTS) is 1. The summed E-state index contributed by atoms with van der Waals surface area (Å²) in [6, 6.07) is -0.725. The van der Waals surface area contributed by atoms with Crippen LogP contribution in [0.15, 0.2) is 36.5 Å². The lowest BCUT2D eigenvalue weighted by Gasteiger charge is -2.34. The maximum Gasteiger partial charge on any atom is 0.306 e. The third-order valence-electron chi connectivity index (χ3n) is 11.8. The first-order valence-corrected chi connectivity index (χ1v) is 26.0. The molecule has 0 rings (SSSR count). The summed E-state index contributed by atoms with van der Waals surface area (Å²) >= 11 is 0. The van der Waals surface area contributed by atoms with Crippen molar-refractivity contribution in [3.05, 3.63) is 36.5 Å². The van der Waals surface area contributed by atoms with E-state index in [0.29, 0.717) is 12.8 Å². The van der Waals surface area contributed by atoms with E-state index in [2.05, 4.69) is 50.3 Å². The predicted octanol–water partition coefficient (Wildman–Crippen LogP) is 13.6. The van der Waals surface area contributed by atoms with E-state index in [0.717, 1.165) is 64.2 Å². The third kappa shape index (κ3) is 42.8. The van der Waals surface area contributed by atoms with Gasteiger partial charge in [-0.05, 0) is 44.9 Å². The Hall–Kier alpha value is -2.45. The van der Waals surface area contributed by atoms with Crippen molar-refractivity contribution in [2.75, 3.05) is 41.0 Å². The fraction of sp³-hybridized carbons (Fsp3) is 0.833. The predicted molar refractivity (Wildman–Crippen MR) is 259 cm³/mol. The number of esters is 2. The molecule has 0 saturated carbocycles. The highest BCUT2D eigenvalue weighted by Gasteiger charge is 2.25. The van der Waals surface area contributed by atoms with Crippen molar-refractivity contribution in [1.29, 1.82) is 0 Å². The first-order chi connectivity index (χ1) is 30.1. The van der Waals surface area contributed by atoms with Crippen LogP contribution in [0.2, 0.25) is 0 Å². The number of nitrogens with zero attached hydrogens (tertiary/aromatic N) is 1. The Bertz CT molecular complexity index is 1110. The molecule has 2 atom stereocenters. The van der Waals surface area contributed by atoms with Crippen LogP contribution in [0.5, 0.6) is 0 Å². The fourth-order valence-electron chi connectivity index (χ4n) is 7.79. The van der Waals surface area contributed by atoms with Gasteiger partial charge in [0.05, 0.1) is 40.3 Å². The van der Waals surface area contributed by atoms with Crippen LogP contribution in [0.25, 0.3) is 0 Å². The van der Waals surface area contributed by atoms with Gasteiger partial charge < -0.3 is 28.6 Å². The largest absolute Gasteiger partial charge is 0.544 e. The SMILES string of the molecule is CC/C=C/C/C=C/C/C=C/CCCCCCCCCCCC(=O)OCC(COCCC(C(=O)[O-])[N+](C)(C)C)OC(=O)CCCCCCCCCCCCCCCCCCCCC. The highest BCUT2D eigenvalue weighted by Crippen LogP contribution is 2.16. The fourth-order valence-corrected chi connectivity index (χ4v) is 7.79. The summed E-state index contributed by atoms with van der Waals surface area (Å²) in [5.74, 6) is -1.73. The lowest BCUT2D eigenvalue weighted by molar-refractivity contribution is -0.889. The van der Waals surface area contributed by atoms with Crippen molar-refractivity contribution in [3.63, 3.8) is 0 Å². The molecular formula is C54H99NO7. The topological polar surface area (TPSA) is 102 Å². The number of aliphatic carboxylic acids is 1. The molecule has 0 bridgehead atoms. The molecule has 0 aromatic heterocycles. The van der Waals surface area contributed by atoms with Gasteiger partial charge in [0.1, 0.15) is 12.6 Å². The molecule has 0 aliphatic rings. The second kappa shape index (κ2) is 45.1. The summed E-state index contributed by atoms with van der Waals surface area (Å²) in [7, 11) is 5.42. The van der Waals surface area contributed by atoms with Crippen LogP contribution < -0.4 is 5.11 Å². The van der Waals surface area contributed by atoms with Gasteiger partial charge in [0.25, 0.3) is 0 Å². The van der Waals surface area contributed by atoms with Gasteiger partial charge in [0.2, 0.25) is 0 Å². The van der Waals surface area contributed by atoms with Crippen molar-refractivity contribution in [3.8, 4) is 0 Å². The Kier molecular flexibility index (Phi) is 43.3. The lowest BCUT2D eigenvalue weighted by Crippen LogP contribution is -2.55. The van der Waals surface area contributed by atoms with Gasteiger partial charge in [0.15, 0.2) is 6.10 Å². The van der Waals surface area contributed by atoms with E-state index in [1.54, 1.807) is 0 Å². The summed E-state index contributed by atoms with van der Waals surface area (Å²) in [5.41, 5.74) is 0. The zero-order chi connectivity index (χ0) is 45.6. The Labute approximate surface area is 383 Å². The van der Waals surface area contributed by atoms with Crippen LogP contribution in [0.1, 0.15) is 239 Å². The third-order valence-corrected chi connectivity index (χ3v) is 11.8. The molecule has 8 heteroatoms. The molecule has 0 aliphatic carbocycles. The van der Waals surface area contributed by atoms with Gasteiger partial charge in [-0.2, -0.15) is 0 Å². The number of quaternary nitrogens is 1. The van der Waals surface area contributed by atoms with E-state index >= 15 is 0 Å². The molecule has 362 valence electrons. The van der Waals surface area contributed by atoms with Gasteiger partial charge in [-0.1, -0.05) is 211 Å². The molecule has 0 amide bonds. The summed E-state index contributed by atoms with van der Waals surface area (Å²) in [6.45, 7) is 4.59. The van der Waals surface area contributed by atoms with Gasteiger partial charge in [0, 0.05) is 19.3 Å². The average Bonchev–Trinajstić information content (AvgIpc) is 3.23. The summed E-state index contributed by atoms with van der Waals surface area (Å²) in [4.78, 5) is 37.0. The van der Waals surface area contributed by atoms with E-state index in [-0.39, 0.29) is 42.7 Å². The minimum Gasteiger partial charge on any atom is -0.544 e. The normalized spacial score (nSPS) is 13.1. The number of hydrogen-bond acceptors (Lipinski definition) is 7. The molecule has 0 N–H and O–H groups in total. The molecule has 0 aromatic carbocycles. The number of carbonyl (C=O) groups is 3. The standard InChI is InChI=1S/C54H99NO7/c1-6-8-10-12-14-16-18-20-22-24-26-28-30-32-34-36-38-40-42-44-52(56)61-49-50(48-60-47-46-51(54(58)59)55(3,4)5)62-53(57)45-43-41-39-37-35-33-31-29-27-25-23-21-19-17-15-13-11-9-7-2/h8,10,14,16,20,22,50-51H,6-7,9,11-13,15,17-19,21,23-49H2,1-5H3/b10-8+,16-14+,22-20+. The molecule has 0 aliphatic heterocycles. The van der Waals surface area contributed by atoms with Gasteiger partial charge in [-0.15, -0.1) is 0 Å². The van der Waals surface area contributed by atoms with Crippen molar-refractivity contribution < 1.29 is 38.2 Å². The highest BCUT2D eigenvalue weighted by atomic mass is 16.6. The Morgan fingerprint density at radius 1 is 0.500 bits per heavy atom. The van der Waals surface area contributed by atoms with Crippen molar-refractivity contribution in [1.82, 2.24) is 0 Å². The van der Waals surface area contributed by atoms with E-state index in [4.69, 9.17) is 14.2 Å². The van der Waals surface area contributed by atoms with Gasteiger partial charge in [-0.25, -0.2) is 0 Å². The van der Waals surface area contributed by atoms with Crippen LogP contribution in [-0.2, 0) is 28.6 Å². The molecular weight excluding hydrogens is 775 g/mol. The Balaban J connectivity index is 4.21. The second-order valence-electron chi connectivity index (χ2n) is 18.7. The van der Waals surface area contributed by atoms with E-state index in [1.807, 2.05) is 21.1 Å². The maximum atomic E-state index is 12.8. The minimum absolute atomic E-state index is 0.0425. The molecule has 0 aromatic rings. The second-order valence-corrected chi connectivity index (χ2v) is 18.7. The molecule has 2 unspecified atom stereocenters. The smallest absolute Gasteiger partial charge is 0.306 e. The molecule has 8 nitrogen and oxygen atoms in total. The minimum atomic E-state index is -1.12. The number of carboxylic acids is 1. The number of unbranched alkanes of at least 4 members (excludes halogenated alkanes) is 27. The molecule has 0 saturated heterocycles. The highest BCUT2D eigenvalue weighted by molar-refractivity contribution is 5.70. The van der Waals surface area contributed by atoms with E-state index in [9.17, 15) is 19.5 Å². The lowest BCUT2D eigenvalue weighted by atomic mass is 10.0. The zero-order valence-corrected chi connectivity index (χ0v) is 41.3. The van der Waals surface area contributed by atoms with Crippen LogP contribution in [-0.4, -0.2) is 75.5 Å². The first kappa shape index (κ1) is 59.5. The number of carbonyl (C=O) groups excluding carboxylic acids is 3. The molecule has 0 spiro atoms. The maximum absolute atomic E-state index is 12.8. The van der Waals surface area contributed by atoms with Gasteiger partial charge >= 0.3 is 11.9 Å². The van der Waals surface area contributed by atoms with Crippen LogP contribution in [0.4, 0.5) is 0 Å². The molecule has 62 heavy (non-hydrogen) atoms.